The molecule has 9 heteroatoms. The first-order valence-corrected chi connectivity index (χ1v) is 9.84. The number of fused-ring (bicyclic) bond motifs is 1. The van der Waals surface area contributed by atoms with Crippen molar-refractivity contribution in [3.8, 4) is 0 Å². The molecule has 0 radical (unpaired) electrons. The van der Waals surface area contributed by atoms with Gasteiger partial charge in [-0.2, -0.15) is 0 Å². The molecule has 25 heavy (non-hydrogen) atoms. The lowest BCUT2D eigenvalue weighted by Crippen LogP contribution is -2.36. The zero-order valence-electron chi connectivity index (χ0n) is 14.0. The van der Waals surface area contributed by atoms with Gasteiger partial charge in [0.1, 0.15) is 10.3 Å². The van der Waals surface area contributed by atoms with Crippen LogP contribution in [0.25, 0.3) is 0 Å². The average Bonchev–Trinajstić information content (AvgIpc) is 3.09. The predicted molar refractivity (Wildman–Crippen MR) is 98.3 cm³/mol. The van der Waals surface area contributed by atoms with E-state index < -0.39 is 11.2 Å². The lowest BCUT2D eigenvalue weighted by Gasteiger charge is -2.19. The van der Waals surface area contributed by atoms with Crippen molar-refractivity contribution in [1.82, 2.24) is 4.90 Å². The Bertz CT molecular complexity index is 744. The number of anilines is 1. The number of amidine groups is 1. The maximum Gasteiger partial charge on any atom is 0.341 e. The number of aliphatic imine (C=N–C) groups is 1. The van der Waals surface area contributed by atoms with Crippen LogP contribution in [-0.2, 0) is 14.3 Å². The van der Waals surface area contributed by atoms with E-state index in [4.69, 9.17) is 4.74 Å². The summed E-state index contributed by atoms with van der Waals surface area (Å²) in [7, 11) is 0. The maximum atomic E-state index is 12.4. The second kappa shape index (κ2) is 7.57. The van der Waals surface area contributed by atoms with Crippen LogP contribution in [0, 0.1) is 6.92 Å². The van der Waals surface area contributed by atoms with Gasteiger partial charge in [0.2, 0.25) is 11.8 Å². The van der Waals surface area contributed by atoms with Crippen molar-refractivity contribution in [3.63, 3.8) is 0 Å². The van der Waals surface area contributed by atoms with Crippen LogP contribution in [0.4, 0.5) is 5.00 Å². The fourth-order valence-electron chi connectivity index (χ4n) is 2.71. The van der Waals surface area contributed by atoms with Crippen LogP contribution in [0.15, 0.2) is 10.4 Å². The molecule has 0 aliphatic carbocycles. The highest BCUT2D eigenvalue weighted by Gasteiger charge is 2.39. The van der Waals surface area contributed by atoms with Gasteiger partial charge in [0.15, 0.2) is 5.17 Å². The van der Waals surface area contributed by atoms with E-state index in [2.05, 4.69) is 10.3 Å². The molecule has 3 rings (SSSR count). The molecule has 134 valence electrons. The van der Waals surface area contributed by atoms with Gasteiger partial charge in [-0.05, 0) is 31.2 Å². The van der Waals surface area contributed by atoms with Crippen LogP contribution in [0.1, 0.15) is 35.7 Å². The fourth-order valence-corrected chi connectivity index (χ4v) is 4.85. The first-order valence-electron chi connectivity index (χ1n) is 8.08. The highest BCUT2D eigenvalue weighted by atomic mass is 32.2. The Morgan fingerprint density at radius 3 is 3.00 bits per heavy atom. The van der Waals surface area contributed by atoms with Gasteiger partial charge in [-0.1, -0.05) is 11.8 Å². The summed E-state index contributed by atoms with van der Waals surface area (Å²) in [6, 6.07) is 0. The molecule has 2 aliphatic rings. The SMILES string of the molecule is CCOC(=O)c1c(C)csc1NC(=O)CC1SC2=NCCCN2C1=O. The normalized spacial score (nSPS) is 19.4. The highest BCUT2D eigenvalue weighted by Crippen LogP contribution is 2.33. The van der Waals surface area contributed by atoms with Gasteiger partial charge < -0.3 is 10.1 Å². The predicted octanol–water partition coefficient (Wildman–Crippen LogP) is 2.27. The summed E-state index contributed by atoms with van der Waals surface area (Å²) in [5.74, 6) is -0.806. The maximum absolute atomic E-state index is 12.4. The van der Waals surface area contributed by atoms with Crippen LogP contribution < -0.4 is 5.32 Å². The molecule has 1 saturated heterocycles. The molecule has 2 amide bonds. The van der Waals surface area contributed by atoms with Gasteiger partial charge in [-0.3, -0.25) is 19.5 Å². The molecule has 1 N–H and O–H groups in total. The van der Waals surface area contributed by atoms with Gasteiger partial charge in [-0.15, -0.1) is 11.3 Å². The van der Waals surface area contributed by atoms with Crippen LogP contribution in [0.2, 0.25) is 0 Å². The number of thiophene rings is 1. The molecule has 1 aromatic heterocycles. The molecule has 1 fully saturated rings. The third-order valence-corrected chi connectivity index (χ3v) is 6.11. The number of thioether (sulfide) groups is 1. The Kier molecular flexibility index (Phi) is 5.43. The summed E-state index contributed by atoms with van der Waals surface area (Å²) in [6.07, 6.45) is 0.907. The Balaban J connectivity index is 1.66. The summed E-state index contributed by atoms with van der Waals surface area (Å²) < 4.78 is 5.04. The molecule has 0 saturated carbocycles. The van der Waals surface area contributed by atoms with Crippen molar-refractivity contribution in [2.24, 2.45) is 4.99 Å². The second-order valence-corrected chi connectivity index (χ2v) is 7.76. The molecule has 1 atom stereocenters. The summed E-state index contributed by atoms with van der Waals surface area (Å²) in [5, 5.41) is 5.28. The minimum atomic E-state index is -0.455. The summed E-state index contributed by atoms with van der Waals surface area (Å²) >= 11 is 2.62. The number of ether oxygens (including phenoxy) is 1. The zero-order chi connectivity index (χ0) is 18.0. The molecule has 2 aliphatic heterocycles. The van der Waals surface area contributed by atoms with E-state index in [9.17, 15) is 14.4 Å². The van der Waals surface area contributed by atoms with E-state index in [1.165, 1.54) is 23.1 Å². The Morgan fingerprint density at radius 2 is 2.28 bits per heavy atom. The standard InChI is InChI=1S/C16H19N3O4S2/c1-3-23-15(22)12-9(2)8-24-13(12)18-11(20)7-10-14(21)19-6-4-5-17-16(19)25-10/h8,10H,3-7H2,1-2H3,(H,18,20). The minimum absolute atomic E-state index is 0.0538. The molecule has 0 aromatic carbocycles. The van der Waals surface area contributed by atoms with Crippen molar-refractivity contribution in [2.75, 3.05) is 25.0 Å². The van der Waals surface area contributed by atoms with Crippen LogP contribution in [-0.4, -0.2) is 52.8 Å². The van der Waals surface area contributed by atoms with Crippen molar-refractivity contribution >= 4 is 51.1 Å². The van der Waals surface area contributed by atoms with E-state index >= 15 is 0 Å². The Hall–Kier alpha value is -1.87. The molecular formula is C16H19N3O4S2. The monoisotopic (exact) mass is 381 g/mol. The Morgan fingerprint density at radius 1 is 1.48 bits per heavy atom. The van der Waals surface area contributed by atoms with Gasteiger partial charge in [0.05, 0.1) is 12.2 Å². The Labute approximate surface area is 153 Å². The molecular weight excluding hydrogens is 362 g/mol. The number of hydrogen-bond donors (Lipinski definition) is 1. The molecule has 0 bridgehead atoms. The lowest BCUT2D eigenvalue weighted by molar-refractivity contribution is -0.128. The van der Waals surface area contributed by atoms with Crippen LogP contribution in [0.5, 0.6) is 0 Å². The molecule has 1 unspecified atom stereocenters. The number of nitrogens with one attached hydrogen (secondary N) is 1. The molecule has 1 aromatic rings. The van der Waals surface area contributed by atoms with Gasteiger partial charge >= 0.3 is 5.97 Å². The topological polar surface area (TPSA) is 88.1 Å². The smallest absolute Gasteiger partial charge is 0.341 e. The lowest BCUT2D eigenvalue weighted by atomic mass is 10.2. The second-order valence-electron chi connectivity index (χ2n) is 5.71. The number of amides is 2. The highest BCUT2D eigenvalue weighted by molar-refractivity contribution is 8.15. The van der Waals surface area contributed by atoms with E-state index in [-0.39, 0.29) is 24.8 Å². The van der Waals surface area contributed by atoms with Crippen molar-refractivity contribution in [3.05, 3.63) is 16.5 Å². The molecule has 3 heterocycles. The minimum Gasteiger partial charge on any atom is -0.462 e. The number of esters is 1. The van der Waals surface area contributed by atoms with E-state index in [1.54, 1.807) is 24.1 Å². The third kappa shape index (κ3) is 3.72. The number of hydrogen-bond acceptors (Lipinski definition) is 7. The van der Waals surface area contributed by atoms with E-state index in [1.807, 2.05) is 0 Å². The zero-order valence-corrected chi connectivity index (χ0v) is 15.7. The molecule has 7 nitrogen and oxygen atoms in total. The van der Waals surface area contributed by atoms with Crippen molar-refractivity contribution < 1.29 is 19.1 Å². The number of carbonyl (C=O) groups is 3. The summed E-state index contributed by atoms with van der Waals surface area (Å²) in [6.45, 7) is 5.19. The number of aryl methyl sites for hydroxylation is 1. The van der Waals surface area contributed by atoms with Crippen LogP contribution >= 0.6 is 23.1 Å². The third-order valence-electron chi connectivity index (χ3n) is 3.89. The van der Waals surface area contributed by atoms with E-state index in [0.717, 1.165) is 18.5 Å². The molecule has 0 spiro atoms. The van der Waals surface area contributed by atoms with E-state index in [0.29, 0.717) is 22.3 Å². The van der Waals surface area contributed by atoms with Gasteiger partial charge in [0.25, 0.3) is 0 Å². The summed E-state index contributed by atoms with van der Waals surface area (Å²) in [4.78, 5) is 42.8. The van der Waals surface area contributed by atoms with Gasteiger partial charge in [-0.25, -0.2) is 4.79 Å². The quantitative estimate of drug-likeness (QED) is 0.791. The largest absolute Gasteiger partial charge is 0.462 e. The first-order chi connectivity index (χ1) is 12.0. The van der Waals surface area contributed by atoms with Crippen molar-refractivity contribution in [2.45, 2.75) is 31.9 Å². The summed E-state index contributed by atoms with van der Waals surface area (Å²) in [5.41, 5.74) is 1.14. The van der Waals surface area contributed by atoms with Gasteiger partial charge in [0, 0.05) is 19.5 Å². The number of nitrogens with zero attached hydrogens (tertiary/aromatic N) is 2. The average molecular weight is 381 g/mol. The van der Waals surface area contributed by atoms with Crippen LogP contribution in [0.3, 0.4) is 0 Å². The van der Waals surface area contributed by atoms with Crippen molar-refractivity contribution in [1.29, 1.82) is 0 Å². The number of rotatable bonds is 5. The first kappa shape index (κ1) is 17.9. The number of carbonyl (C=O) groups excluding carboxylic acids is 3. The fraction of sp³-hybridized carbons (Fsp3) is 0.500.